The fraction of sp³-hybridized carbons (Fsp3) is 0.667. The predicted molar refractivity (Wildman–Crippen MR) is 74.7 cm³/mol. The van der Waals surface area contributed by atoms with Gasteiger partial charge in [-0.05, 0) is 13.3 Å². The quantitative estimate of drug-likeness (QED) is 0.465. The van der Waals surface area contributed by atoms with Crippen LogP contribution in [0.3, 0.4) is 0 Å². The smallest absolute Gasteiger partial charge is 0.188 e. The summed E-state index contributed by atoms with van der Waals surface area (Å²) in [6.45, 7) is 7.88. The molecule has 0 amide bonds. The molecular formula is C12H22N4S. The highest BCUT2D eigenvalue weighted by Crippen LogP contribution is 2.19. The highest BCUT2D eigenvalue weighted by atomic mass is 32.1. The van der Waals surface area contributed by atoms with E-state index in [1.807, 2.05) is 6.92 Å². The average molecular weight is 254 g/mol. The van der Waals surface area contributed by atoms with Crippen LogP contribution in [0, 0.1) is 6.92 Å². The minimum absolute atomic E-state index is 0.334. The molecule has 0 aliphatic carbocycles. The largest absolute Gasteiger partial charge is 0.370 e. The van der Waals surface area contributed by atoms with Crippen LogP contribution < -0.4 is 11.1 Å². The lowest BCUT2D eigenvalue weighted by Gasteiger charge is -2.07. The van der Waals surface area contributed by atoms with E-state index >= 15 is 0 Å². The monoisotopic (exact) mass is 254 g/mol. The number of unbranched alkanes of at least 4 members (excludes halogenated alkanes) is 1. The Kier molecular flexibility index (Phi) is 5.97. The summed E-state index contributed by atoms with van der Waals surface area (Å²) in [5, 5.41) is 6.31. The molecule has 0 aromatic carbocycles. The van der Waals surface area contributed by atoms with Crippen LogP contribution in [0.1, 0.15) is 43.3 Å². The van der Waals surface area contributed by atoms with Crippen LogP contribution in [0.4, 0.5) is 0 Å². The summed E-state index contributed by atoms with van der Waals surface area (Å²) in [6, 6.07) is 0. The molecule has 0 spiro atoms. The third kappa shape index (κ3) is 5.17. The van der Waals surface area contributed by atoms with Gasteiger partial charge in [-0.1, -0.05) is 20.3 Å². The first-order valence-electron chi connectivity index (χ1n) is 6.09. The average Bonchev–Trinajstić information content (AvgIpc) is 2.73. The van der Waals surface area contributed by atoms with Crippen molar-refractivity contribution in [2.45, 2.75) is 39.5 Å². The van der Waals surface area contributed by atoms with Crippen LogP contribution in [-0.2, 0) is 0 Å². The van der Waals surface area contributed by atoms with Crippen molar-refractivity contribution >= 4 is 17.3 Å². The van der Waals surface area contributed by atoms with Crippen molar-refractivity contribution in [3.8, 4) is 0 Å². The van der Waals surface area contributed by atoms with E-state index in [4.69, 9.17) is 5.73 Å². The van der Waals surface area contributed by atoms with E-state index in [9.17, 15) is 0 Å². The van der Waals surface area contributed by atoms with Crippen molar-refractivity contribution < 1.29 is 0 Å². The molecule has 0 saturated carbocycles. The molecule has 0 aliphatic rings. The highest BCUT2D eigenvalue weighted by Gasteiger charge is 2.08. The summed E-state index contributed by atoms with van der Waals surface area (Å²) in [7, 11) is 0. The second-order valence-electron chi connectivity index (χ2n) is 4.23. The minimum atomic E-state index is 0.334. The number of guanidine groups is 1. The summed E-state index contributed by atoms with van der Waals surface area (Å²) < 4.78 is 0. The number of thiazole rings is 1. The van der Waals surface area contributed by atoms with E-state index in [0.717, 1.165) is 30.1 Å². The summed E-state index contributed by atoms with van der Waals surface area (Å²) in [5.41, 5.74) is 6.85. The highest BCUT2D eigenvalue weighted by molar-refractivity contribution is 7.09. The molecule has 1 unspecified atom stereocenters. The van der Waals surface area contributed by atoms with Crippen molar-refractivity contribution in [1.29, 1.82) is 0 Å². The molecule has 1 aromatic heterocycles. The van der Waals surface area contributed by atoms with Crippen LogP contribution in [-0.4, -0.2) is 24.0 Å². The molecule has 0 radical (unpaired) electrons. The van der Waals surface area contributed by atoms with E-state index in [1.165, 1.54) is 0 Å². The number of aromatic nitrogens is 1. The van der Waals surface area contributed by atoms with E-state index in [1.54, 1.807) is 11.3 Å². The second-order valence-corrected chi connectivity index (χ2v) is 5.12. The molecule has 4 nitrogen and oxygen atoms in total. The van der Waals surface area contributed by atoms with Gasteiger partial charge in [-0.25, -0.2) is 4.98 Å². The van der Waals surface area contributed by atoms with Crippen molar-refractivity contribution in [2.75, 3.05) is 13.1 Å². The molecule has 1 heterocycles. The Hall–Kier alpha value is -1.10. The van der Waals surface area contributed by atoms with E-state index in [2.05, 4.69) is 34.5 Å². The Morgan fingerprint density at radius 3 is 3.00 bits per heavy atom. The van der Waals surface area contributed by atoms with Crippen LogP contribution >= 0.6 is 11.3 Å². The molecule has 1 aromatic rings. The van der Waals surface area contributed by atoms with E-state index < -0.39 is 0 Å². The van der Waals surface area contributed by atoms with E-state index in [-0.39, 0.29) is 0 Å². The number of hydrogen-bond donors (Lipinski definition) is 2. The zero-order valence-corrected chi connectivity index (χ0v) is 11.7. The van der Waals surface area contributed by atoms with Gasteiger partial charge in [-0.15, -0.1) is 11.3 Å². The molecule has 17 heavy (non-hydrogen) atoms. The number of rotatable bonds is 6. The number of hydrogen-bond acceptors (Lipinski definition) is 3. The normalized spacial score (nSPS) is 13.7. The summed E-state index contributed by atoms with van der Waals surface area (Å²) in [4.78, 5) is 8.78. The fourth-order valence-electron chi connectivity index (χ4n) is 1.36. The molecule has 0 bridgehead atoms. The molecule has 96 valence electrons. The van der Waals surface area contributed by atoms with Crippen molar-refractivity contribution in [3.05, 3.63) is 16.1 Å². The molecular weight excluding hydrogens is 232 g/mol. The van der Waals surface area contributed by atoms with Gasteiger partial charge in [-0.2, -0.15) is 0 Å². The van der Waals surface area contributed by atoms with Crippen LogP contribution in [0.2, 0.25) is 0 Å². The number of aliphatic imine (C=N–C) groups is 1. The topological polar surface area (TPSA) is 63.3 Å². The zero-order chi connectivity index (χ0) is 12.7. The molecule has 3 N–H and O–H groups in total. The van der Waals surface area contributed by atoms with Gasteiger partial charge in [0.1, 0.15) is 0 Å². The van der Waals surface area contributed by atoms with Gasteiger partial charge < -0.3 is 11.1 Å². The third-order valence-corrected chi connectivity index (χ3v) is 3.62. The Labute approximate surface area is 107 Å². The maximum atomic E-state index is 5.77. The third-order valence-electron chi connectivity index (χ3n) is 2.43. The van der Waals surface area contributed by atoms with E-state index in [0.29, 0.717) is 18.4 Å². The molecule has 1 atom stereocenters. The predicted octanol–water partition coefficient (Wildman–Crippen LogP) is 2.26. The summed E-state index contributed by atoms with van der Waals surface area (Å²) >= 11 is 1.69. The molecule has 0 fully saturated rings. The van der Waals surface area contributed by atoms with Gasteiger partial charge >= 0.3 is 0 Å². The SMILES string of the molecule is CCCCNC(N)=NCC(C)c1nc(C)cs1. The maximum Gasteiger partial charge on any atom is 0.188 e. The van der Waals surface area contributed by atoms with Crippen molar-refractivity contribution in [3.63, 3.8) is 0 Å². The molecule has 5 heteroatoms. The minimum Gasteiger partial charge on any atom is -0.370 e. The number of aryl methyl sites for hydroxylation is 1. The Bertz CT molecular complexity index is 359. The molecule has 0 saturated heterocycles. The van der Waals surface area contributed by atoms with Gasteiger partial charge in [-0.3, -0.25) is 4.99 Å². The van der Waals surface area contributed by atoms with Crippen LogP contribution in [0.5, 0.6) is 0 Å². The van der Waals surface area contributed by atoms with Gasteiger partial charge in [0.2, 0.25) is 0 Å². The standard InChI is InChI=1S/C12H22N4S/c1-4-5-6-14-12(13)15-7-9(2)11-16-10(3)8-17-11/h8-9H,4-7H2,1-3H3,(H3,13,14,15). The lowest BCUT2D eigenvalue weighted by Crippen LogP contribution is -2.32. The van der Waals surface area contributed by atoms with Crippen LogP contribution in [0.25, 0.3) is 0 Å². The van der Waals surface area contributed by atoms with Crippen LogP contribution in [0.15, 0.2) is 10.4 Å². The summed E-state index contributed by atoms with van der Waals surface area (Å²) in [5.74, 6) is 0.874. The first-order chi connectivity index (χ1) is 8.13. The summed E-state index contributed by atoms with van der Waals surface area (Å²) in [6.07, 6.45) is 2.28. The Morgan fingerprint density at radius 2 is 2.41 bits per heavy atom. The molecule has 0 aliphatic heterocycles. The lowest BCUT2D eigenvalue weighted by atomic mass is 10.2. The van der Waals surface area contributed by atoms with Gasteiger partial charge in [0.05, 0.1) is 11.6 Å². The van der Waals surface area contributed by atoms with Crippen molar-refractivity contribution in [1.82, 2.24) is 10.3 Å². The Balaban J connectivity index is 2.36. The first-order valence-corrected chi connectivity index (χ1v) is 6.97. The molecule has 1 rings (SSSR count). The fourth-order valence-corrected chi connectivity index (χ4v) is 2.21. The number of nitrogens with one attached hydrogen (secondary N) is 1. The van der Waals surface area contributed by atoms with Crippen molar-refractivity contribution in [2.24, 2.45) is 10.7 Å². The lowest BCUT2D eigenvalue weighted by molar-refractivity contribution is 0.731. The van der Waals surface area contributed by atoms with Gasteiger partial charge in [0.15, 0.2) is 5.96 Å². The van der Waals surface area contributed by atoms with Gasteiger partial charge in [0.25, 0.3) is 0 Å². The number of nitrogens with zero attached hydrogens (tertiary/aromatic N) is 2. The maximum absolute atomic E-state index is 5.77. The second kappa shape index (κ2) is 7.27. The first kappa shape index (κ1) is 14.0. The Morgan fingerprint density at radius 1 is 1.65 bits per heavy atom. The number of nitrogens with two attached hydrogens (primary N) is 1. The van der Waals surface area contributed by atoms with Gasteiger partial charge in [0, 0.05) is 23.5 Å². The zero-order valence-electron chi connectivity index (χ0n) is 10.9.